The summed E-state index contributed by atoms with van der Waals surface area (Å²) in [6.07, 6.45) is 0. The maximum absolute atomic E-state index is 6.06. The molecule has 6 heteroatoms. The van der Waals surface area contributed by atoms with Gasteiger partial charge >= 0.3 is 0 Å². The second-order valence-corrected chi connectivity index (χ2v) is 4.97. The SMILES string of the molecule is Cl.Clc1cccc(CNC2=NCCS2)c1Cl. The standard InChI is InChI=1S/C10H10Cl2N2S.ClH/c11-8-3-1-2-7(9(8)12)6-14-10-13-4-5-15-10;/h1-3H,4-6H2,(H,13,14);1H. The van der Waals surface area contributed by atoms with Crippen LogP contribution in [0.2, 0.25) is 10.0 Å². The molecule has 0 atom stereocenters. The van der Waals surface area contributed by atoms with Gasteiger partial charge < -0.3 is 5.32 Å². The largest absolute Gasteiger partial charge is 0.361 e. The highest BCUT2D eigenvalue weighted by Gasteiger charge is 2.08. The zero-order valence-electron chi connectivity index (χ0n) is 8.37. The molecule has 1 aliphatic heterocycles. The fraction of sp³-hybridized carbons (Fsp3) is 0.300. The maximum Gasteiger partial charge on any atom is 0.156 e. The van der Waals surface area contributed by atoms with Gasteiger partial charge in [-0.25, -0.2) is 0 Å². The summed E-state index contributed by atoms with van der Waals surface area (Å²) in [7, 11) is 0. The summed E-state index contributed by atoms with van der Waals surface area (Å²) in [4.78, 5) is 4.30. The molecule has 1 aromatic rings. The number of aliphatic imine (C=N–C) groups is 1. The highest BCUT2D eigenvalue weighted by Crippen LogP contribution is 2.25. The minimum atomic E-state index is 0. The fourth-order valence-electron chi connectivity index (χ4n) is 1.30. The van der Waals surface area contributed by atoms with Gasteiger partial charge in [-0.05, 0) is 11.6 Å². The molecule has 0 aromatic heterocycles. The zero-order valence-corrected chi connectivity index (χ0v) is 11.5. The maximum atomic E-state index is 6.06. The van der Waals surface area contributed by atoms with Crippen LogP contribution in [-0.4, -0.2) is 17.5 Å². The van der Waals surface area contributed by atoms with Gasteiger partial charge in [0.25, 0.3) is 0 Å². The van der Waals surface area contributed by atoms with Crippen LogP contribution in [0.25, 0.3) is 0 Å². The zero-order chi connectivity index (χ0) is 10.7. The highest BCUT2D eigenvalue weighted by molar-refractivity contribution is 8.14. The first-order chi connectivity index (χ1) is 7.27. The van der Waals surface area contributed by atoms with Crippen LogP contribution in [0.15, 0.2) is 23.2 Å². The first kappa shape index (κ1) is 14.0. The van der Waals surface area contributed by atoms with E-state index in [0.29, 0.717) is 16.6 Å². The molecule has 0 fully saturated rings. The third-order valence-electron chi connectivity index (χ3n) is 2.05. The van der Waals surface area contributed by atoms with E-state index in [-0.39, 0.29) is 12.4 Å². The Morgan fingerprint density at radius 3 is 2.88 bits per heavy atom. The molecule has 0 saturated carbocycles. The van der Waals surface area contributed by atoms with Crippen molar-refractivity contribution in [2.45, 2.75) is 6.54 Å². The number of rotatable bonds is 2. The molecule has 1 heterocycles. The Morgan fingerprint density at radius 1 is 1.38 bits per heavy atom. The van der Waals surface area contributed by atoms with Gasteiger partial charge in [-0.3, -0.25) is 4.99 Å². The van der Waals surface area contributed by atoms with Crippen LogP contribution in [-0.2, 0) is 6.54 Å². The Morgan fingerprint density at radius 2 is 2.19 bits per heavy atom. The molecule has 0 aliphatic carbocycles. The van der Waals surface area contributed by atoms with Crippen molar-refractivity contribution in [3.8, 4) is 0 Å². The number of nitrogens with one attached hydrogen (secondary N) is 1. The second kappa shape index (κ2) is 6.60. The van der Waals surface area contributed by atoms with Crippen molar-refractivity contribution in [1.29, 1.82) is 0 Å². The third kappa shape index (κ3) is 3.45. The first-order valence-corrected chi connectivity index (χ1v) is 6.35. The molecule has 0 saturated heterocycles. The highest BCUT2D eigenvalue weighted by atomic mass is 35.5. The Labute approximate surface area is 115 Å². The van der Waals surface area contributed by atoms with E-state index in [0.717, 1.165) is 23.0 Å². The van der Waals surface area contributed by atoms with Crippen LogP contribution in [0.5, 0.6) is 0 Å². The van der Waals surface area contributed by atoms with Gasteiger partial charge in [-0.2, -0.15) is 0 Å². The van der Waals surface area contributed by atoms with Crippen molar-refractivity contribution in [3.63, 3.8) is 0 Å². The molecule has 2 rings (SSSR count). The van der Waals surface area contributed by atoms with Crippen molar-refractivity contribution >= 4 is 52.5 Å². The summed E-state index contributed by atoms with van der Waals surface area (Å²) < 4.78 is 0. The van der Waals surface area contributed by atoms with E-state index >= 15 is 0 Å². The number of amidine groups is 1. The van der Waals surface area contributed by atoms with Crippen molar-refractivity contribution in [3.05, 3.63) is 33.8 Å². The van der Waals surface area contributed by atoms with Gasteiger partial charge in [-0.15, -0.1) is 12.4 Å². The minimum absolute atomic E-state index is 0. The molecular formula is C10H11Cl3N2S. The molecular weight excluding hydrogens is 287 g/mol. The normalized spacial score (nSPS) is 14.2. The number of halogens is 3. The summed E-state index contributed by atoms with van der Waals surface area (Å²) >= 11 is 13.7. The average molecular weight is 298 g/mol. The second-order valence-electron chi connectivity index (χ2n) is 3.10. The lowest BCUT2D eigenvalue weighted by molar-refractivity contribution is 0.923. The van der Waals surface area contributed by atoms with E-state index in [4.69, 9.17) is 23.2 Å². The van der Waals surface area contributed by atoms with Crippen LogP contribution in [0.3, 0.4) is 0 Å². The Hall–Kier alpha value is -0.0900. The van der Waals surface area contributed by atoms with Crippen LogP contribution in [0, 0.1) is 0 Å². The van der Waals surface area contributed by atoms with Gasteiger partial charge in [-0.1, -0.05) is 47.1 Å². The van der Waals surface area contributed by atoms with Gasteiger partial charge in [0.05, 0.1) is 16.6 Å². The molecule has 0 spiro atoms. The van der Waals surface area contributed by atoms with Crippen molar-refractivity contribution < 1.29 is 0 Å². The van der Waals surface area contributed by atoms with Gasteiger partial charge in [0.2, 0.25) is 0 Å². The molecule has 0 unspecified atom stereocenters. The minimum Gasteiger partial charge on any atom is -0.361 e. The van der Waals surface area contributed by atoms with Gasteiger partial charge in [0.1, 0.15) is 0 Å². The van der Waals surface area contributed by atoms with Gasteiger partial charge in [0.15, 0.2) is 5.17 Å². The fourth-order valence-corrected chi connectivity index (χ4v) is 2.42. The topological polar surface area (TPSA) is 24.4 Å². The van der Waals surface area contributed by atoms with E-state index in [9.17, 15) is 0 Å². The van der Waals surface area contributed by atoms with E-state index in [1.807, 2.05) is 12.1 Å². The summed E-state index contributed by atoms with van der Waals surface area (Å²) in [5.41, 5.74) is 0.999. The number of nitrogens with zero attached hydrogens (tertiary/aromatic N) is 1. The summed E-state index contributed by atoms with van der Waals surface area (Å²) in [6.45, 7) is 1.57. The molecule has 2 nitrogen and oxygen atoms in total. The number of thioether (sulfide) groups is 1. The van der Waals surface area contributed by atoms with Crippen LogP contribution >= 0.6 is 47.4 Å². The average Bonchev–Trinajstić information content (AvgIpc) is 2.73. The molecule has 88 valence electrons. The molecule has 16 heavy (non-hydrogen) atoms. The Balaban J connectivity index is 0.00000128. The van der Waals surface area contributed by atoms with Crippen LogP contribution < -0.4 is 5.32 Å². The molecule has 0 radical (unpaired) electrons. The Kier molecular flexibility index (Phi) is 5.76. The van der Waals surface area contributed by atoms with Crippen LogP contribution in [0.4, 0.5) is 0 Å². The molecule has 1 N–H and O–H groups in total. The first-order valence-electron chi connectivity index (χ1n) is 4.61. The molecule has 1 aromatic carbocycles. The van der Waals surface area contributed by atoms with Crippen molar-refractivity contribution in [1.82, 2.24) is 5.32 Å². The smallest absolute Gasteiger partial charge is 0.156 e. The van der Waals surface area contributed by atoms with E-state index < -0.39 is 0 Å². The van der Waals surface area contributed by atoms with Crippen molar-refractivity contribution in [2.24, 2.45) is 4.99 Å². The third-order valence-corrected chi connectivity index (χ3v) is 3.84. The molecule has 0 bridgehead atoms. The van der Waals surface area contributed by atoms with E-state index in [2.05, 4.69) is 10.3 Å². The number of hydrogen-bond acceptors (Lipinski definition) is 3. The molecule has 0 amide bonds. The summed E-state index contributed by atoms with van der Waals surface area (Å²) in [5, 5.41) is 5.44. The monoisotopic (exact) mass is 296 g/mol. The lowest BCUT2D eigenvalue weighted by atomic mass is 10.2. The molecule has 1 aliphatic rings. The predicted octanol–water partition coefficient (Wildman–Crippen LogP) is 3.61. The van der Waals surface area contributed by atoms with Gasteiger partial charge in [0, 0.05) is 12.3 Å². The lowest BCUT2D eigenvalue weighted by Crippen LogP contribution is -2.18. The van der Waals surface area contributed by atoms with E-state index in [1.54, 1.807) is 17.8 Å². The summed E-state index contributed by atoms with van der Waals surface area (Å²) in [6, 6.07) is 5.64. The summed E-state index contributed by atoms with van der Waals surface area (Å²) in [5.74, 6) is 1.06. The Bertz CT molecular complexity index is 396. The van der Waals surface area contributed by atoms with Crippen LogP contribution in [0.1, 0.15) is 5.56 Å². The quantitative estimate of drug-likeness (QED) is 0.902. The van der Waals surface area contributed by atoms with Crippen molar-refractivity contribution in [2.75, 3.05) is 12.3 Å². The van der Waals surface area contributed by atoms with E-state index in [1.165, 1.54) is 0 Å². The number of benzene rings is 1. The predicted molar refractivity (Wildman–Crippen MR) is 75.3 cm³/mol. The lowest BCUT2D eigenvalue weighted by Gasteiger charge is -2.07. The number of hydrogen-bond donors (Lipinski definition) is 1.